The molecule has 1 aliphatic carbocycles. The molecule has 3 amide bonds. The van der Waals surface area contributed by atoms with E-state index in [2.05, 4.69) is 16.0 Å². The molecule has 2 aliphatic rings. The van der Waals surface area contributed by atoms with Crippen LogP contribution in [0, 0.1) is 11.6 Å². The first-order valence-electron chi connectivity index (χ1n) is 9.48. The monoisotopic (exact) mass is 435 g/mol. The van der Waals surface area contributed by atoms with Gasteiger partial charge in [-0.1, -0.05) is 23.7 Å². The predicted molar refractivity (Wildman–Crippen MR) is 106 cm³/mol. The summed E-state index contributed by atoms with van der Waals surface area (Å²) in [6.45, 7) is 0.00623. The zero-order chi connectivity index (χ0) is 21.5. The number of hydrogen-bond acceptors (Lipinski definition) is 3. The van der Waals surface area contributed by atoms with Crippen LogP contribution in [0.2, 0.25) is 5.02 Å². The molecule has 2 aromatic carbocycles. The van der Waals surface area contributed by atoms with Gasteiger partial charge in [0.05, 0.1) is 12.6 Å². The first-order chi connectivity index (χ1) is 14.3. The number of carbonyl (C=O) groups excluding carboxylic acids is 2. The molecule has 2 atom stereocenters. The summed E-state index contributed by atoms with van der Waals surface area (Å²) >= 11 is 5.92. The fourth-order valence-corrected chi connectivity index (χ4v) is 3.99. The fraction of sp³-hybridized carbons (Fsp3) is 0.333. The minimum Gasteiger partial charge on any atom is -0.497 e. The second-order valence-corrected chi connectivity index (χ2v) is 7.96. The van der Waals surface area contributed by atoms with Gasteiger partial charge in [0.2, 0.25) is 5.91 Å². The second kappa shape index (κ2) is 7.75. The molecule has 0 bridgehead atoms. The summed E-state index contributed by atoms with van der Waals surface area (Å²) in [6, 6.07) is 7.58. The highest BCUT2D eigenvalue weighted by atomic mass is 35.5. The first-order valence-corrected chi connectivity index (χ1v) is 9.86. The number of ether oxygens (including phenoxy) is 1. The van der Waals surface area contributed by atoms with Crippen LogP contribution in [0.5, 0.6) is 5.75 Å². The minimum absolute atomic E-state index is 0.00623. The second-order valence-electron chi connectivity index (χ2n) is 7.52. The SMILES string of the molecule is COc1cc(F)c([C@@H]2CNC(=O)[C@H]2NC(=O)NC2(c3ccc(Cl)cc3)CC2)c(F)c1. The van der Waals surface area contributed by atoms with Crippen LogP contribution in [0.1, 0.15) is 29.9 Å². The highest BCUT2D eigenvalue weighted by Crippen LogP contribution is 2.45. The number of hydrogen-bond donors (Lipinski definition) is 3. The Balaban J connectivity index is 1.51. The van der Waals surface area contributed by atoms with Gasteiger partial charge in [-0.15, -0.1) is 0 Å². The maximum atomic E-state index is 14.5. The van der Waals surface area contributed by atoms with Crippen LogP contribution in [0.4, 0.5) is 13.6 Å². The molecule has 0 spiro atoms. The summed E-state index contributed by atoms with van der Waals surface area (Å²) in [6.07, 6.45) is 1.48. The summed E-state index contributed by atoms with van der Waals surface area (Å²) in [5, 5.41) is 8.63. The van der Waals surface area contributed by atoms with Gasteiger partial charge in [-0.25, -0.2) is 13.6 Å². The Kier molecular flexibility index (Phi) is 5.27. The van der Waals surface area contributed by atoms with E-state index >= 15 is 0 Å². The third-order valence-electron chi connectivity index (χ3n) is 5.63. The molecule has 0 radical (unpaired) electrons. The summed E-state index contributed by atoms with van der Waals surface area (Å²) in [5.41, 5.74) is 0.107. The van der Waals surface area contributed by atoms with Crippen molar-refractivity contribution >= 4 is 23.5 Å². The Morgan fingerprint density at radius 1 is 1.20 bits per heavy atom. The first kappa shape index (κ1) is 20.4. The largest absolute Gasteiger partial charge is 0.497 e. The Labute approximate surface area is 176 Å². The number of nitrogens with one attached hydrogen (secondary N) is 3. The molecule has 0 aromatic heterocycles. The highest BCUT2D eigenvalue weighted by Gasteiger charge is 2.47. The maximum absolute atomic E-state index is 14.5. The number of amides is 3. The lowest BCUT2D eigenvalue weighted by Crippen LogP contribution is -2.50. The van der Waals surface area contributed by atoms with Crippen LogP contribution in [-0.2, 0) is 10.3 Å². The Morgan fingerprint density at radius 2 is 1.83 bits per heavy atom. The normalized spacial score (nSPS) is 21.7. The van der Waals surface area contributed by atoms with Gasteiger partial charge in [0.25, 0.3) is 0 Å². The van der Waals surface area contributed by atoms with E-state index < -0.39 is 41.1 Å². The number of halogens is 3. The molecule has 6 nitrogen and oxygen atoms in total. The van der Waals surface area contributed by atoms with E-state index in [1.807, 2.05) is 12.1 Å². The van der Waals surface area contributed by atoms with E-state index in [9.17, 15) is 18.4 Å². The molecular formula is C21H20ClF2N3O3. The lowest BCUT2D eigenvalue weighted by atomic mass is 9.92. The van der Waals surface area contributed by atoms with Gasteiger partial charge in [0.15, 0.2) is 0 Å². The third-order valence-corrected chi connectivity index (χ3v) is 5.88. The summed E-state index contributed by atoms with van der Waals surface area (Å²) in [5.74, 6) is -3.02. The molecular weight excluding hydrogens is 416 g/mol. The molecule has 1 aliphatic heterocycles. The van der Waals surface area contributed by atoms with Gasteiger partial charge >= 0.3 is 6.03 Å². The van der Waals surface area contributed by atoms with E-state index in [4.69, 9.17) is 16.3 Å². The number of rotatable bonds is 5. The van der Waals surface area contributed by atoms with Crippen LogP contribution in [0.25, 0.3) is 0 Å². The quantitative estimate of drug-likeness (QED) is 0.674. The lowest BCUT2D eigenvalue weighted by molar-refractivity contribution is -0.120. The predicted octanol–water partition coefficient (Wildman–Crippen LogP) is 3.20. The zero-order valence-corrected chi connectivity index (χ0v) is 16.9. The van der Waals surface area contributed by atoms with Gasteiger partial charge < -0.3 is 20.7 Å². The number of methoxy groups -OCH3 is 1. The van der Waals surface area contributed by atoms with Crippen molar-refractivity contribution in [1.82, 2.24) is 16.0 Å². The van der Waals surface area contributed by atoms with Crippen LogP contribution >= 0.6 is 11.6 Å². The van der Waals surface area contributed by atoms with Gasteiger partial charge in [-0.3, -0.25) is 4.79 Å². The zero-order valence-electron chi connectivity index (χ0n) is 16.1. The molecule has 1 saturated carbocycles. The Bertz CT molecular complexity index is 972. The van der Waals surface area contributed by atoms with Crippen LogP contribution in [0.3, 0.4) is 0 Å². The number of urea groups is 1. The molecule has 4 rings (SSSR count). The average molecular weight is 436 g/mol. The van der Waals surface area contributed by atoms with E-state index in [-0.39, 0.29) is 17.9 Å². The summed E-state index contributed by atoms with van der Waals surface area (Å²) in [4.78, 5) is 24.9. The topological polar surface area (TPSA) is 79.5 Å². The van der Waals surface area contributed by atoms with E-state index in [1.165, 1.54) is 7.11 Å². The molecule has 1 saturated heterocycles. The molecule has 158 valence electrons. The standard InChI is InChI=1S/C21H20ClF2N3O3/c1-30-13-8-15(23)17(16(24)9-13)14-10-25-19(28)18(14)26-20(29)27-21(6-7-21)11-2-4-12(22)5-3-11/h2-5,8-9,14,18H,6-7,10H2,1H3,(H,25,28)(H2,26,27,29)/t14-,18-/m0/s1. The third kappa shape index (κ3) is 3.79. The number of carbonyl (C=O) groups is 2. The van der Waals surface area contributed by atoms with Crippen LogP contribution in [-0.4, -0.2) is 31.6 Å². The molecule has 0 unspecified atom stereocenters. The van der Waals surface area contributed by atoms with Gasteiger partial charge in [0, 0.05) is 35.2 Å². The Morgan fingerprint density at radius 3 is 2.40 bits per heavy atom. The van der Waals surface area contributed by atoms with Crippen molar-refractivity contribution in [3.05, 3.63) is 64.2 Å². The summed E-state index contributed by atoms with van der Waals surface area (Å²) < 4.78 is 33.9. The molecule has 3 N–H and O–H groups in total. The van der Waals surface area contributed by atoms with Crippen molar-refractivity contribution in [2.75, 3.05) is 13.7 Å². The van der Waals surface area contributed by atoms with Crippen molar-refractivity contribution in [2.24, 2.45) is 0 Å². The average Bonchev–Trinajstić information content (AvgIpc) is 3.40. The van der Waals surface area contributed by atoms with Crippen molar-refractivity contribution < 1.29 is 23.1 Å². The maximum Gasteiger partial charge on any atom is 0.316 e. The molecule has 2 fully saturated rings. The van der Waals surface area contributed by atoms with E-state index in [0.717, 1.165) is 30.5 Å². The lowest BCUT2D eigenvalue weighted by Gasteiger charge is -2.23. The van der Waals surface area contributed by atoms with Gasteiger partial charge in [-0.05, 0) is 30.5 Å². The molecule has 1 heterocycles. The van der Waals surface area contributed by atoms with Crippen LogP contribution in [0.15, 0.2) is 36.4 Å². The smallest absolute Gasteiger partial charge is 0.316 e. The number of benzene rings is 2. The minimum atomic E-state index is -1.11. The molecule has 2 aromatic rings. The van der Waals surface area contributed by atoms with Crippen molar-refractivity contribution in [3.63, 3.8) is 0 Å². The molecule has 30 heavy (non-hydrogen) atoms. The molecule has 9 heteroatoms. The fourth-order valence-electron chi connectivity index (χ4n) is 3.86. The highest BCUT2D eigenvalue weighted by molar-refractivity contribution is 6.30. The van der Waals surface area contributed by atoms with E-state index in [0.29, 0.717) is 5.02 Å². The van der Waals surface area contributed by atoms with Gasteiger partial charge in [0.1, 0.15) is 23.4 Å². The van der Waals surface area contributed by atoms with E-state index in [1.54, 1.807) is 12.1 Å². The van der Waals surface area contributed by atoms with Crippen LogP contribution < -0.4 is 20.7 Å². The van der Waals surface area contributed by atoms with Gasteiger partial charge in [-0.2, -0.15) is 0 Å². The summed E-state index contributed by atoms with van der Waals surface area (Å²) in [7, 11) is 1.30. The van der Waals surface area contributed by atoms with Crippen molar-refractivity contribution in [3.8, 4) is 5.75 Å². The Hall–Kier alpha value is -2.87. The van der Waals surface area contributed by atoms with Crippen molar-refractivity contribution in [1.29, 1.82) is 0 Å². The van der Waals surface area contributed by atoms with Crippen molar-refractivity contribution in [2.45, 2.75) is 30.3 Å².